The van der Waals surface area contributed by atoms with Gasteiger partial charge >= 0.3 is 0 Å². The fraction of sp³-hybridized carbons (Fsp3) is 0.441. The van der Waals surface area contributed by atoms with Gasteiger partial charge in [0.15, 0.2) is 0 Å². The van der Waals surface area contributed by atoms with E-state index < -0.39 is 6.04 Å². The number of carbonyl (C=O) groups excluding carboxylic acids is 1. The van der Waals surface area contributed by atoms with Gasteiger partial charge in [-0.15, -0.1) is 0 Å². The zero-order valence-electron chi connectivity index (χ0n) is 30.1. The van der Waals surface area contributed by atoms with Crippen molar-refractivity contribution >= 4 is 22.7 Å². The normalized spacial score (nSPS) is 20.3. The van der Waals surface area contributed by atoms with Gasteiger partial charge in [0.05, 0.1) is 8.22 Å². The monoisotopic (exact) mass is 532 g/mol. The molecule has 208 valence electrons. The van der Waals surface area contributed by atoms with Crippen molar-refractivity contribution in [2.75, 3.05) is 70.7 Å². The van der Waals surface area contributed by atoms with Gasteiger partial charge in [0.25, 0.3) is 0 Å². The van der Waals surface area contributed by atoms with Crippen molar-refractivity contribution in [1.82, 2.24) is 9.80 Å². The summed E-state index contributed by atoms with van der Waals surface area (Å²) in [5, 5.41) is 0. The Morgan fingerprint density at radius 2 is 1.46 bits per heavy atom. The lowest BCUT2D eigenvalue weighted by Gasteiger charge is -2.36. The highest BCUT2D eigenvalue weighted by atomic mass is 16.1. The Hall–Kier alpha value is -3.15. The van der Waals surface area contributed by atoms with Gasteiger partial charge in [-0.25, -0.2) is 0 Å². The van der Waals surface area contributed by atoms with Crippen molar-refractivity contribution in [2.45, 2.75) is 38.6 Å². The van der Waals surface area contributed by atoms with E-state index in [1.807, 2.05) is 19.0 Å². The SMILES string of the molecule is [2H]C1=CC(=C(c2cc([2H])c(N(C)C)c([2H])c2)c2cc([2H])c(N3CCN(CCCCCC(C)=O)CC3)c([2H])c2)C=C([2H])C1N(C)C. The fourth-order valence-electron chi connectivity index (χ4n) is 4.93. The molecular formula is C34H46N4O. The highest BCUT2D eigenvalue weighted by Gasteiger charge is 2.18. The van der Waals surface area contributed by atoms with Crippen LogP contribution in [0.5, 0.6) is 0 Å². The van der Waals surface area contributed by atoms with Crippen LogP contribution in [0.15, 0.2) is 78.3 Å². The average molecular weight is 533 g/mol. The predicted octanol–water partition coefficient (Wildman–Crippen LogP) is 5.88. The summed E-state index contributed by atoms with van der Waals surface area (Å²) < 4.78 is 52.8. The molecule has 1 aliphatic heterocycles. The summed E-state index contributed by atoms with van der Waals surface area (Å²) in [4.78, 5) is 19.2. The maximum Gasteiger partial charge on any atom is 0.129 e. The lowest BCUT2D eigenvalue weighted by Crippen LogP contribution is -2.46. The standard InChI is InChI=1S/C34H46N4O/c1-27(39)9-7-6-8-22-37-23-25-38(26-24-37)33-20-14-30(15-21-33)34(28-10-16-31(17-11-28)35(2)3)29-12-18-32(19-13-29)36(4)5/h10-21,31H,6-9,22-26H2,1-5H3/i16D,17D,18D,19D,20D,21D. The van der Waals surface area contributed by atoms with Crippen LogP contribution in [0.2, 0.25) is 0 Å². The van der Waals surface area contributed by atoms with Crippen LogP contribution in [0.3, 0.4) is 0 Å². The molecular weight excluding hydrogens is 480 g/mol. The van der Waals surface area contributed by atoms with E-state index in [0.717, 1.165) is 52.0 Å². The fourth-order valence-corrected chi connectivity index (χ4v) is 4.93. The Balaban J connectivity index is 1.68. The Morgan fingerprint density at radius 3 is 2.00 bits per heavy atom. The molecule has 1 fully saturated rings. The highest BCUT2D eigenvalue weighted by molar-refractivity contribution is 5.86. The second-order valence-corrected chi connectivity index (χ2v) is 10.8. The molecule has 1 aliphatic carbocycles. The number of Topliss-reactive ketones (excluding diaryl/α,β-unsaturated/α-hetero) is 1. The van der Waals surface area contributed by atoms with Gasteiger partial charge in [0, 0.05) is 64.1 Å². The molecule has 4 rings (SSSR count). The Labute approximate surface area is 244 Å². The molecule has 0 bridgehead atoms. The maximum atomic E-state index is 11.2. The van der Waals surface area contributed by atoms with Crippen molar-refractivity contribution < 1.29 is 13.0 Å². The van der Waals surface area contributed by atoms with E-state index in [4.69, 9.17) is 8.22 Å². The summed E-state index contributed by atoms with van der Waals surface area (Å²) in [6, 6.07) is 7.67. The average Bonchev–Trinajstić information content (AvgIpc) is 2.92. The number of ketones is 1. The number of unbranched alkanes of at least 4 members (excludes halogenated alkanes) is 2. The third-order valence-electron chi connectivity index (χ3n) is 7.27. The molecule has 1 heterocycles. The summed E-state index contributed by atoms with van der Waals surface area (Å²) >= 11 is 0. The molecule has 0 amide bonds. The summed E-state index contributed by atoms with van der Waals surface area (Å²) in [5.41, 5.74) is 3.41. The Kier molecular flexibility index (Phi) is 7.64. The molecule has 0 spiro atoms. The molecule has 0 saturated carbocycles. The number of piperazine rings is 1. The van der Waals surface area contributed by atoms with E-state index in [1.165, 1.54) is 0 Å². The van der Waals surface area contributed by atoms with Gasteiger partial charge in [-0.3, -0.25) is 9.80 Å². The topological polar surface area (TPSA) is 30.0 Å². The molecule has 5 heteroatoms. The quantitative estimate of drug-likeness (QED) is 0.337. The lowest BCUT2D eigenvalue weighted by molar-refractivity contribution is -0.117. The smallest absolute Gasteiger partial charge is 0.129 e. The molecule has 2 aromatic carbocycles. The molecule has 39 heavy (non-hydrogen) atoms. The molecule has 0 unspecified atom stereocenters. The van der Waals surface area contributed by atoms with Gasteiger partial charge in [-0.2, -0.15) is 0 Å². The van der Waals surface area contributed by atoms with Gasteiger partial charge in [-0.05, 0) is 86.8 Å². The van der Waals surface area contributed by atoms with Crippen LogP contribution in [-0.2, 0) is 4.79 Å². The minimum absolute atomic E-state index is 0.179. The summed E-state index contributed by atoms with van der Waals surface area (Å²) in [6.45, 7) is 5.75. The van der Waals surface area contributed by atoms with Crippen LogP contribution < -0.4 is 9.80 Å². The van der Waals surface area contributed by atoms with E-state index in [0.29, 0.717) is 40.1 Å². The van der Waals surface area contributed by atoms with E-state index >= 15 is 0 Å². The van der Waals surface area contributed by atoms with Crippen LogP contribution >= 0.6 is 0 Å². The number of nitrogens with zero attached hydrogens (tertiary/aromatic N) is 4. The van der Waals surface area contributed by atoms with E-state index in [-0.39, 0.29) is 42.1 Å². The van der Waals surface area contributed by atoms with Crippen molar-refractivity contribution in [3.63, 3.8) is 0 Å². The van der Waals surface area contributed by atoms with Crippen molar-refractivity contribution in [1.29, 1.82) is 0 Å². The lowest BCUT2D eigenvalue weighted by atomic mass is 9.90. The number of carbonyl (C=O) groups is 1. The van der Waals surface area contributed by atoms with E-state index in [2.05, 4.69) is 9.80 Å². The van der Waals surface area contributed by atoms with Crippen LogP contribution in [0.25, 0.3) is 5.57 Å². The second-order valence-electron chi connectivity index (χ2n) is 10.8. The molecule has 2 aliphatic rings. The first-order valence-electron chi connectivity index (χ1n) is 16.9. The summed E-state index contributed by atoms with van der Waals surface area (Å²) in [6.07, 6.45) is 7.11. The van der Waals surface area contributed by atoms with Crippen molar-refractivity contribution in [3.8, 4) is 0 Å². The maximum absolute atomic E-state index is 11.2. The number of hydrogen-bond acceptors (Lipinski definition) is 5. The third-order valence-corrected chi connectivity index (χ3v) is 7.27. The molecule has 0 aromatic heterocycles. The molecule has 0 atom stereocenters. The molecule has 1 saturated heterocycles. The van der Waals surface area contributed by atoms with Crippen LogP contribution in [0.1, 0.15) is 52.0 Å². The van der Waals surface area contributed by atoms with Gasteiger partial charge in [0.2, 0.25) is 0 Å². The van der Waals surface area contributed by atoms with Crippen LogP contribution in [-0.4, -0.2) is 82.5 Å². The Morgan fingerprint density at radius 1 is 0.872 bits per heavy atom. The summed E-state index contributed by atoms with van der Waals surface area (Å²) in [5.74, 6) is 0.242. The first-order valence-corrected chi connectivity index (χ1v) is 13.9. The zero-order chi connectivity index (χ0) is 33.0. The number of benzene rings is 2. The van der Waals surface area contributed by atoms with E-state index in [9.17, 15) is 4.79 Å². The van der Waals surface area contributed by atoms with Crippen LogP contribution in [0.4, 0.5) is 11.4 Å². The number of likely N-dealkylation sites (N-methyl/N-ethyl adjacent to an activating group) is 1. The van der Waals surface area contributed by atoms with Crippen LogP contribution in [0, 0.1) is 0 Å². The predicted molar refractivity (Wildman–Crippen MR) is 167 cm³/mol. The minimum atomic E-state index is -0.482. The highest BCUT2D eigenvalue weighted by Crippen LogP contribution is 2.32. The zero-order valence-corrected chi connectivity index (χ0v) is 24.1. The number of anilines is 2. The Bertz CT molecular complexity index is 1440. The minimum Gasteiger partial charge on any atom is -0.378 e. The van der Waals surface area contributed by atoms with E-state index in [1.54, 1.807) is 62.3 Å². The number of allylic oxidation sites excluding steroid dienone is 3. The molecule has 5 nitrogen and oxygen atoms in total. The molecule has 2 aromatic rings. The van der Waals surface area contributed by atoms with Crippen molar-refractivity contribution in [3.05, 3.63) is 89.4 Å². The molecule has 0 N–H and O–H groups in total. The van der Waals surface area contributed by atoms with Crippen molar-refractivity contribution in [2.24, 2.45) is 0 Å². The van der Waals surface area contributed by atoms with Gasteiger partial charge < -0.3 is 14.6 Å². The summed E-state index contributed by atoms with van der Waals surface area (Å²) in [7, 11) is 7.26. The second kappa shape index (κ2) is 13.8. The first kappa shape index (κ1) is 21.6. The number of hydrogen-bond donors (Lipinski definition) is 0. The third kappa shape index (κ3) is 7.93. The largest absolute Gasteiger partial charge is 0.378 e. The van der Waals surface area contributed by atoms with Gasteiger partial charge in [0.1, 0.15) is 5.78 Å². The van der Waals surface area contributed by atoms with Gasteiger partial charge in [-0.1, -0.05) is 54.9 Å². The molecule has 0 radical (unpaired) electrons. The first-order chi connectivity index (χ1) is 21.3. The number of rotatable bonds is 11.